The summed E-state index contributed by atoms with van der Waals surface area (Å²) in [5.41, 5.74) is 4.08. The summed E-state index contributed by atoms with van der Waals surface area (Å²) in [6, 6.07) is 4.33. The van der Waals surface area contributed by atoms with Crippen LogP contribution in [0.3, 0.4) is 0 Å². The molecule has 0 spiro atoms. The van der Waals surface area contributed by atoms with Crippen molar-refractivity contribution in [2.24, 2.45) is 0 Å². The van der Waals surface area contributed by atoms with E-state index in [4.69, 9.17) is 11.6 Å². The van der Waals surface area contributed by atoms with Crippen molar-refractivity contribution < 1.29 is 39.9 Å². The van der Waals surface area contributed by atoms with Gasteiger partial charge < -0.3 is 10.2 Å². The van der Waals surface area contributed by atoms with Crippen LogP contribution < -0.4 is 11.0 Å². The molecule has 1 atom stereocenters. The Kier molecular flexibility index (Phi) is 8.47. The van der Waals surface area contributed by atoms with E-state index in [2.05, 4.69) is 41.3 Å². The van der Waals surface area contributed by atoms with Crippen molar-refractivity contribution in [1.82, 2.24) is 50.9 Å². The minimum absolute atomic E-state index is 0.0818. The van der Waals surface area contributed by atoms with Crippen LogP contribution in [0.2, 0.25) is 5.02 Å². The summed E-state index contributed by atoms with van der Waals surface area (Å²) >= 11 is 5.96. The van der Waals surface area contributed by atoms with E-state index < -0.39 is 43.5 Å². The first-order valence-corrected chi connectivity index (χ1v) is 12.4. The van der Waals surface area contributed by atoms with E-state index in [0.29, 0.717) is 10.9 Å². The van der Waals surface area contributed by atoms with Crippen LogP contribution in [0.5, 0.6) is 0 Å². The van der Waals surface area contributed by atoms with Crippen LogP contribution in [0, 0.1) is 5.82 Å². The van der Waals surface area contributed by atoms with Gasteiger partial charge in [0.05, 0.1) is 47.1 Å². The lowest BCUT2D eigenvalue weighted by Gasteiger charge is -2.26. The summed E-state index contributed by atoms with van der Waals surface area (Å²) in [5, 5.41) is 14.4. The van der Waals surface area contributed by atoms with Crippen molar-refractivity contribution in [3.8, 4) is 16.8 Å². The van der Waals surface area contributed by atoms with E-state index in [1.54, 1.807) is 0 Å². The molecule has 20 heteroatoms. The molecule has 0 aliphatic carbocycles. The number of aromatic nitrogens is 7. The molecule has 1 unspecified atom stereocenters. The number of halogens is 9. The first kappa shape index (κ1) is 30.1. The summed E-state index contributed by atoms with van der Waals surface area (Å²) in [5.74, 6) is -0.970. The van der Waals surface area contributed by atoms with Gasteiger partial charge in [0, 0.05) is 23.5 Å². The van der Waals surface area contributed by atoms with Gasteiger partial charge in [0.2, 0.25) is 0 Å². The third-order valence-corrected chi connectivity index (χ3v) is 6.41. The molecule has 4 aromatic rings. The Bertz CT molecular complexity index is 1610. The lowest BCUT2D eigenvalue weighted by molar-refractivity contribution is -0.141. The molecule has 0 radical (unpaired) electrons. The summed E-state index contributed by atoms with van der Waals surface area (Å²) in [6.07, 6.45) is -0.659. The fraction of sp³-hybridized carbons (Fsp3) is 0.261. The average Bonchev–Trinajstić information content (AvgIpc) is 3.73. The van der Waals surface area contributed by atoms with Gasteiger partial charge in [-0.05, 0) is 24.6 Å². The maximum absolute atomic E-state index is 15.3. The predicted octanol–water partition coefficient (Wildman–Crippen LogP) is 5.12. The van der Waals surface area contributed by atoms with E-state index in [1.165, 1.54) is 35.6 Å². The molecule has 0 fully saturated rings. The molecule has 1 aliphatic heterocycles. The van der Waals surface area contributed by atoms with Crippen LogP contribution in [-0.2, 0) is 10.9 Å². The van der Waals surface area contributed by atoms with Gasteiger partial charge in [0.1, 0.15) is 5.69 Å². The molecule has 3 aromatic heterocycles. The third kappa shape index (κ3) is 6.37. The molecule has 0 amide bonds. The number of rotatable bonds is 10. The maximum atomic E-state index is 15.3. The van der Waals surface area contributed by atoms with Gasteiger partial charge in [-0.15, -0.1) is 15.7 Å². The van der Waals surface area contributed by atoms with Crippen molar-refractivity contribution in [2.45, 2.75) is 31.8 Å². The van der Waals surface area contributed by atoms with Crippen LogP contribution in [-0.4, -0.2) is 53.2 Å². The zero-order chi connectivity index (χ0) is 30.9. The Morgan fingerprint density at radius 3 is 2.47 bits per heavy atom. The number of ether oxygens (including phenoxy) is 1. The number of hydrazine groups is 2. The summed E-state index contributed by atoms with van der Waals surface area (Å²) in [4.78, 5) is 4.31. The second kappa shape index (κ2) is 12.1. The summed E-state index contributed by atoms with van der Waals surface area (Å²) < 4.78 is 112. The largest absolute Gasteiger partial charge is 0.436 e. The van der Waals surface area contributed by atoms with Gasteiger partial charge >= 0.3 is 19.3 Å². The number of benzene rings is 1. The normalized spacial score (nSPS) is 14.5. The van der Waals surface area contributed by atoms with E-state index in [1.807, 2.05) is 0 Å². The second-order valence-electron chi connectivity index (χ2n) is 8.74. The first-order valence-electron chi connectivity index (χ1n) is 12.0. The van der Waals surface area contributed by atoms with Crippen LogP contribution >= 0.6 is 11.6 Å². The van der Waals surface area contributed by atoms with Gasteiger partial charge in [0.25, 0.3) is 0 Å². The average molecular weight is 637 g/mol. The highest BCUT2D eigenvalue weighted by Gasteiger charge is 2.35. The van der Waals surface area contributed by atoms with Crippen molar-refractivity contribution in [1.29, 1.82) is 0 Å². The van der Waals surface area contributed by atoms with Crippen LogP contribution in [0.1, 0.15) is 36.1 Å². The summed E-state index contributed by atoms with van der Waals surface area (Å²) in [6.45, 7) is -6.49. The highest BCUT2D eigenvalue weighted by molar-refractivity contribution is 6.31. The molecule has 0 bridgehead atoms. The lowest BCUT2D eigenvalue weighted by atomic mass is 10.0. The molecular weight excluding hydrogens is 620 g/mol. The maximum Gasteiger partial charge on any atom is 0.436 e. The van der Waals surface area contributed by atoms with Crippen LogP contribution in [0.4, 0.5) is 35.1 Å². The van der Waals surface area contributed by atoms with Crippen LogP contribution in [0.25, 0.3) is 22.5 Å². The van der Waals surface area contributed by atoms with Crippen LogP contribution in [0.15, 0.2) is 49.1 Å². The second-order valence-corrected chi connectivity index (χ2v) is 9.14. The number of hydrogen-bond acceptors (Lipinski definition) is 9. The van der Waals surface area contributed by atoms with Crippen molar-refractivity contribution >= 4 is 17.3 Å². The number of hydrogen-bond donors (Lipinski definition) is 2. The number of pyridine rings is 1. The predicted molar refractivity (Wildman–Crippen MR) is 131 cm³/mol. The van der Waals surface area contributed by atoms with E-state index in [-0.39, 0.29) is 45.3 Å². The van der Waals surface area contributed by atoms with Gasteiger partial charge in [0.15, 0.2) is 11.5 Å². The highest BCUT2D eigenvalue weighted by atomic mass is 35.5. The third-order valence-electron chi connectivity index (χ3n) is 6.11. The van der Waals surface area contributed by atoms with E-state index in [9.17, 15) is 30.7 Å². The zero-order valence-corrected chi connectivity index (χ0v) is 21.9. The molecule has 11 nitrogen and oxygen atoms in total. The molecule has 1 aromatic carbocycles. The van der Waals surface area contributed by atoms with Gasteiger partial charge in [-0.25, -0.2) is 9.07 Å². The monoisotopic (exact) mass is 636 g/mol. The Hall–Kier alpha value is -4.36. The molecule has 228 valence electrons. The molecule has 0 saturated carbocycles. The molecule has 1 aliphatic rings. The molecular formula is C23H17ClF8N10O. The quantitative estimate of drug-likeness (QED) is 0.229. The molecule has 5 rings (SSSR count). The van der Waals surface area contributed by atoms with Gasteiger partial charge in [-0.3, -0.25) is 9.99 Å². The molecule has 43 heavy (non-hydrogen) atoms. The zero-order valence-electron chi connectivity index (χ0n) is 21.2. The summed E-state index contributed by atoms with van der Waals surface area (Å²) in [7, 11) is 0. The van der Waals surface area contributed by atoms with Gasteiger partial charge in [-0.1, -0.05) is 28.1 Å². The highest BCUT2D eigenvalue weighted by Crippen LogP contribution is 2.36. The molecule has 0 saturated heterocycles. The molecule has 4 heterocycles. The standard InChI is InChI=1S/C23H17ClF8N10O/c24-12-2-4-16(41-10-18(36-39-41)23(30,31)32)19(20(12)25)11-1-3-13(33-7-11)15(5-6-43-22(28)29)40-9-14(35-38-40)17-8-34-37-42(17)21(26)27/h1-4,7-10,15,21-22,35,38H,5-6H2. The van der Waals surface area contributed by atoms with E-state index >= 15 is 4.39 Å². The number of nitrogens with zero attached hydrogens (tertiary/aromatic N) is 8. The smallest absolute Gasteiger partial charge is 0.323 e. The minimum Gasteiger partial charge on any atom is -0.323 e. The number of nitrogens with one attached hydrogen (secondary N) is 2. The molecule has 2 N–H and O–H groups in total. The fourth-order valence-electron chi connectivity index (χ4n) is 4.17. The first-order chi connectivity index (χ1) is 20.4. The minimum atomic E-state index is -4.79. The van der Waals surface area contributed by atoms with Crippen molar-refractivity contribution in [3.63, 3.8) is 0 Å². The van der Waals surface area contributed by atoms with Crippen molar-refractivity contribution in [3.05, 3.63) is 77.0 Å². The topological polar surface area (TPSA) is 111 Å². The Morgan fingerprint density at radius 2 is 1.81 bits per heavy atom. The number of alkyl halides is 7. The Balaban J connectivity index is 1.48. The van der Waals surface area contributed by atoms with Gasteiger partial charge in [-0.2, -0.15) is 35.4 Å². The lowest BCUT2D eigenvalue weighted by Crippen LogP contribution is -2.39. The van der Waals surface area contributed by atoms with Crippen molar-refractivity contribution in [2.75, 3.05) is 6.61 Å². The Morgan fingerprint density at radius 1 is 1.02 bits per heavy atom. The van der Waals surface area contributed by atoms with E-state index in [0.717, 1.165) is 16.9 Å². The SMILES string of the molecule is Fc1c(Cl)ccc(-n2cc(C(F)(F)F)nn2)c1-c1ccc(C(CCOC(F)F)N2C=C(c3cnnn3C(F)F)NN2)nc1. The Labute approximate surface area is 240 Å². The fourth-order valence-corrected chi connectivity index (χ4v) is 4.33.